The van der Waals surface area contributed by atoms with Gasteiger partial charge in [-0.15, -0.1) is 0 Å². The van der Waals surface area contributed by atoms with Crippen LogP contribution >= 0.6 is 0 Å². The molecule has 1 aliphatic heterocycles. The Hall–Kier alpha value is -2.46. The van der Waals surface area contributed by atoms with Gasteiger partial charge < -0.3 is 5.32 Å². The molecule has 1 N–H and O–H groups in total. The summed E-state index contributed by atoms with van der Waals surface area (Å²) in [5.41, 5.74) is 2.75. The third-order valence-electron chi connectivity index (χ3n) is 4.69. The van der Waals surface area contributed by atoms with E-state index in [1.54, 1.807) is 0 Å². The fraction of sp³-hybridized carbons (Fsp3) is 0.333. The van der Waals surface area contributed by atoms with Crippen LogP contribution < -0.4 is 5.32 Å². The summed E-state index contributed by atoms with van der Waals surface area (Å²) in [6, 6.07) is 17.3. The van der Waals surface area contributed by atoms with Gasteiger partial charge in [-0.1, -0.05) is 42.5 Å². The Labute approximate surface area is 148 Å². The molecule has 4 heteroatoms. The summed E-state index contributed by atoms with van der Waals surface area (Å²) in [4.78, 5) is 26.8. The largest absolute Gasteiger partial charge is 0.325 e. The van der Waals surface area contributed by atoms with E-state index in [9.17, 15) is 9.59 Å². The van der Waals surface area contributed by atoms with Gasteiger partial charge in [-0.25, -0.2) is 0 Å². The summed E-state index contributed by atoms with van der Waals surface area (Å²) < 4.78 is 0. The summed E-state index contributed by atoms with van der Waals surface area (Å²) in [5, 5.41) is 2.94. The molecule has 25 heavy (non-hydrogen) atoms. The van der Waals surface area contributed by atoms with Crippen molar-refractivity contribution in [3.8, 4) is 0 Å². The van der Waals surface area contributed by atoms with Crippen LogP contribution in [0.25, 0.3) is 0 Å². The number of nitrogens with one attached hydrogen (secondary N) is 1. The van der Waals surface area contributed by atoms with E-state index in [1.807, 2.05) is 61.5 Å². The van der Waals surface area contributed by atoms with Gasteiger partial charge in [0.15, 0.2) is 5.78 Å². The third-order valence-corrected chi connectivity index (χ3v) is 4.69. The fourth-order valence-corrected chi connectivity index (χ4v) is 3.32. The summed E-state index contributed by atoms with van der Waals surface area (Å²) in [7, 11) is 0. The molecular weight excluding hydrogens is 312 g/mol. The van der Waals surface area contributed by atoms with Crippen LogP contribution in [0.4, 0.5) is 5.69 Å². The zero-order chi connectivity index (χ0) is 17.6. The Bertz CT molecular complexity index is 735. The smallest absolute Gasteiger partial charge is 0.238 e. The van der Waals surface area contributed by atoms with E-state index >= 15 is 0 Å². The molecular formula is C21H24N2O2. The number of anilines is 1. The molecule has 1 aliphatic rings. The number of carbonyl (C=O) groups excluding carboxylic acids is 2. The minimum Gasteiger partial charge on any atom is -0.325 e. The van der Waals surface area contributed by atoms with Crippen molar-refractivity contribution in [3.05, 3.63) is 65.7 Å². The number of aryl methyl sites for hydroxylation is 1. The Balaban J connectivity index is 1.47. The molecule has 3 rings (SSSR count). The summed E-state index contributed by atoms with van der Waals surface area (Å²) >= 11 is 0. The van der Waals surface area contributed by atoms with E-state index in [1.165, 1.54) is 0 Å². The standard InChI is InChI=1S/C21H24N2O2/c1-16-6-5-9-19(14-16)22-20(24)15-23-12-10-18(11-13-23)21(25)17-7-3-2-4-8-17/h2-9,14,18H,10-13,15H2,1H3,(H,22,24). The number of carbonyl (C=O) groups is 2. The first-order valence-electron chi connectivity index (χ1n) is 8.80. The average molecular weight is 336 g/mol. The van der Waals surface area contributed by atoms with E-state index in [-0.39, 0.29) is 17.6 Å². The minimum atomic E-state index is -0.00145. The number of ketones is 1. The predicted molar refractivity (Wildman–Crippen MR) is 99.7 cm³/mol. The molecule has 1 heterocycles. The first kappa shape index (κ1) is 17.4. The minimum absolute atomic E-state index is 0.00145. The molecule has 0 unspecified atom stereocenters. The molecule has 0 saturated carbocycles. The molecule has 0 radical (unpaired) electrons. The maximum absolute atomic E-state index is 12.5. The quantitative estimate of drug-likeness (QED) is 0.850. The van der Waals surface area contributed by atoms with Crippen molar-refractivity contribution in [2.24, 2.45) is 5.92 Å². The maximum Gasteiger partial charge on any atom is 0.238 e. The fourth-order valence-electron chi connectivity index (χ4n) is 3.32. The molecule has 0 aliphatic carbocycles. The van der Waals surface area contributed by atoms with Crippen LogP contribution in [0.3, 0.4) is 0 Å². The van der Waals surface area contributed by atoms with Crippen molar-refractivity contribution in [1.82, 2.24) is 4.90 Å². The number of piperidine rings is 1. The zero-order valence-corrected chi connectivity index (χ0v) is 14.6. The normalized spacial score (nSPS) is 15.7. The van der Waals surface area contributed by atoms with Gasteiger partial charge >= 0.3 is 0 Å². The summed E-state index contributed by atoms with van der Waals surface area (Å²) in [5.74, 6) is 0.293. The number of likely N-dealkylation sites (tertiary alicyclic amines) is 1. The van der Waals surface area contributed by atoms with Crippen molar-refractivity contribution >= 4 is 17.4 Å². The Kier molecular flexibility index (Phi) is 5.61. The van der Waals surface area contributed by atoms with Crippen LogP contribution in [0.1, 0.15) is 28.8 Å². The van der Waals surface area contributed by atoms with E-state index in [0.717, 1.165) is 42.7 Å². The second-order valence-electron chi connectivity index (χ2n) is 6.70. The van der Waals surface area contributed by atoms with Crippen molar-refractivity contribution in [1.29, 1.82) is 0 Å². The molecule has 1 amide bonds. The highest BCUT2D eigenvalue weighted by atomic mass is 16.2. The zero-order valence-electron chi connectivity index (χ0n) is 14.6. The van der Waals surface area contributed by atoms with Crippen LogP contribution in [0.5, 0.6) is 0 Å². The number of hydrogen-bond acceptors (Lipinski definition) is 3. The van der Waals surface area contributed by atoms with Crippen molar-refractivity contribution in [2.75, 3.05) is 25.0 Å². The predicted octanol–water partition coefficient (Wildman–Crippen LogP) is 3.53. The highest BCUT2D eigenvalue weighted by Gasteiger charge is 2.26. The number of nitrogens with zero attached hydrogens (tertiary/aromatic N) is 1. The molecule has 1 saturated heterocycles. The number of amides is 1. The van der Waals surface area contributed by atoms with Gasteiger partial charge in [0.25, 0.3) is 0 Å². The molecule has 4 nitrogen and oxygen atoms in total. The van der Waals surface area contributed by atoms with Crippen molar-refractivity contribution in [3.63, 3.8) is 0 Å². The highest BCUT2D eigenvalue weighted by molar-refractivity contribution is 5.98. The molecule has 2 aromatic rings. The highest BCUT2D eigenvalue weighted by Crippen LogP contribution is 2.21. The maximum atomic E-state index is 12.5. The molecule has 0 spiro atoms. The van der Waals surface area contributed by atoms with Gasteiger partial charge in [0.05, 0.1) is 6.54 Å². The van der Waals surface area contributed by atoms with E-state index in [0.29, 0.717) is 6.54 Å². The van der Waals surface area contributed by atoms with Crippen LogP contribution in [0.2, 0.25) is 0 Å². The molecule has 2 aromatic carbocycles. The number of benzene rings is 2. The Morgan fingerprint density at radius 2 is 1.76 bits per heavy atom. The first-order chi connectivity index (χ1) is 12.1. The topological polar surface area (TPSA) is 49.4 Å². The second kappa shape index (κ2) is 8.08. The summed E-state index contributed by atoms with van der Waals surface area (Å²) in [6.07, 6.45) is 1.62. The Morgan fingerprint density at radius 3 is 2.44 bits per heavy atom. The molecule has 0 bridgehead atoms. The number of Topliss-reactive ketones (excluding diaryl/α,β-unsaturated/α-hetero) is 1. The van der Waals surface area contributed by atoms with Crippen LogP contribution in [0.15, 0.2) is 54.6 Å². The molecule has 1 fully saturated rings. The van der Waals surface area contributed by atoms with E-state index < -0.39 is 0 Å². The SMILES string of the molecule is Cc1cccc(NC(=O)CN2CCC(C(=O)c3ccccc3)CC2)c1. The van der Waals surface area contributed by atoms with Gasteiger partial charge in [0.2, 0.25) is 5.91 Å². The lowest BCUT2D eigenvalue weighted by molar-refractivity contribution is -0.117. The van der Waals surface area contributed by atoms with Gasteiger partial charge in [-0.3, -0.25) is 14.5 Å². The van der Waals surface area contributed by atoms with Gasteiger partial charge in [-0.2, -0.15) is 0 Å². The van der Waals surface area contributed by atoms with Crippen LogP contribution in [0, 0.1) is 12.8 Å². The lowest BCUT2D eigenvalue weighted by Gasteiger charge is -2.30. The van der Waals surface area contributed by atoms with Gasteiger partial charge in [0.1, 0.15) is 0 Å². The molecule has 130 valence electrons. The van der Waals surface area contributed by atoms with Gasteiger partial charge in [0, 0.05) is 17.2 Å². The number of rotatable bonds is 5. The van der Waals surface area contributed by atoms with Gasteiger partial charge in [-0.05, 0) is 50.6 Å². The Morgan fingerprint density at radius 1 is 1.04 bits per heavy atom. The summed E-state index contributed by atoms with van der Waals surface area (Å²) in [6.45, 7) is 3.94. The van der Waals surface area contributed by atoms with Crippen molar-refractivity contribution in [2.45, 2.75) is 19.8 Å². The third kappa shape index (κ3) is 4.77. The van der Waals surface area contributed by atoms with E-state index in [2.05, 4.69) is 10.2 Å². The lowest BCUT2D eigenvalue weighted by Crippen LogP contribution is -2.40. The van der Waals surface area contributed by atoms with E-state index in [4.69, 9.17) is 0 Å². The first-order valence-corrected chi connectivity index (χ1v) is 8.80. The lowest BCUT2D eigenvalue weighted by atomic mass is 9.89. The van der Waals surface area contributed by atoms with Crippen LogP contribution in [-0.2, 0) is 4.79 Å². The molecule has 0 aromatic heterocycles. The molecule has 0 atom stereocenters. The van der Waals surface area contributed by atoms with Crippen molar-refractivity contribution < 1.29 is 9.59 Å². The monoisotopic (exact) mass is 336 g/mol. The number of hydrogen-bond donors (Lipinski definition) is 1. The second-order valence-corrected chi connectivity index (χ2v) is 6.70. The average Bonchev–Trinajstić information content (AvgIpc) is 2.62. The van der Waals surface area contributed by atoms with Crippen LogP contribution in [-0.4, -0.2) is 36.2 Å².